The highest BCUT2D eigenvalue weighted by Crippen LogP contribution is 2.36. The molecule has 2 atom stereocenters. The van der Waals surface area contributed by atoms with Crippen LogP contribution >= 0.6 is 0 Å². The van der Waals surface area contributed by atoms with E-state index in [4.69, 9.17) is 5.73 Å². The van der Waals surface area contributed by atoms with Gasteiger partial charge in [-0.05, 0) is 25.7 Å². The molecule has 3 N–H and O–H groups in total. The van der Waals surface area contributed by atoms with Crippen molar-refractivity contribution in [3.63, 3.8) is 0 Å². The molecule has 1 aliphatic carbocycles. The van der Waals surface area contributed by atoms with E-state index < -0.39 is 0 Å². The van der Waals surface area contributed by atoms with Crippen molar-refractivity contribution in [3.05, 3.63) is 0 Å². The number of carbonyl (C=O) groups is 1. The summed E-state index contributed by atoms with van der Waals surface area (Å²) in [5, 5.41) is 2.89. The molecule has 0 aromatic heterocycles. The first-order chi connectivity index (χ1) is 5.65. The van der Waals surface area contributed by atoms with E-state index in [0.29, 0.717) is 12.5 Å². The average Bonchev–Trinajstić information content (AvgIpc) is 2.85. The largest absolute Gasteiger partial charge is 0.352 e. The van der Waals surface area contributed by atoms with Crippen LogP contribution in [-0.2, 0) is 4.79 Å². The number of hydrogen-bond acceptors (Lipinski definition) is 2. The SMILES string of the molecule is CC(C(=O)N[C@H](C)CN)C1CC1. The minimum absolute atomic E-state index is 0.110. The van der Waals surface area contributed by atoms with E-state index in [1.54, 1.807) is 0 Å². The summed E-state index contributed by atoms with van der Waals surface area (Å²) in [6, 6.07) is 0.110. The standard InChI is InChI=1S/C9H18N2O/c1-6(5-10)11-9(12)7(2)8-3-4-8/h6-8H,3-5,10H2,1-2H3,(H,11,12)/t6-,7?/m1/s1. The first kappa shape index (κ1) is 9.52. The maximum Gasteiger partial charge on any atom is 0.223 e. The van der Waals surface area contributed by atoms with Crippen LogP contribution < -0.4 is 11.1 Å². The zero-order valence-corrected chi connectivity index (χ0v) is 7.84. The molecular formula is C9H18N2O. The Bertz CT molecular complexity index is 166. The van der Waals surface area contributed by atoms with Crippen molar-refractivity contribution in [2.45, 2.75) is 32.7 Å². The van der Waals surface area contributed by atoms with Gasteiger partial charge in [0.1, 0.15) is 0 Å². The molecule has 0 aliphatic heterocycles. The van der Waals surface area contributed by atoms with E-state index in [1.165, 1.54) is 12.8 Å². The minimum Gasteiger partial charge on any atom is -0.352 e. The maximum absolute atomic E-state index is 11.4. The minimum atomic E-state index is 0.110. The van der Waals surface area contributed by atoms with Gasteiger partial charge in [-0.15, -0.1) is 0 Å². The molecule has 0 bridgehead atoms. The van der Waals surface area contributed by atoms with E-state index >= 15 is 0 Å². The molecule has 0 spiro atoms. The van der Waals surface area contributed by atoms with Gasteiger partial charge in [-0.1, -0.05) is 6.92 Å². The average molecular weight is 170 g/mol. The summed E-state index contributed by atoms with van der Waals surface area (Å²) in [5.41, 5.74) is 5.40. The molecule has 0 heterocycles. The van der Waals surface area contributed by atoms with Crippen LogP contribution in [0.2, 0.25) is 0 Å². The molecule has 1 saturated carbocycles. The van der Waals surface area contributed by atoms with E-state index in [9.17, 15) is 4.79 Å². The van der Waals surface area contributed by atoms with Gasteiger partial charge in [-0.25, -0.2) is 0 Å². The Morgan fingerprint density at radius 1 is 1.58 bits per heavy atom. The van der Waals surface area contributed by atoms with Crippen molar-refractivity contribution in [1.82, 2.24) is 5.32 Å². The van der Waals surface area contributed by atoms with Crippen molar-refractivity contribution >= 4 is 5.91 Å². The van der Waals surface area contributed by atoms with Crippen molar-refractivity contribution in [2.24, 2.45) is 17.6 Å². The lowest BCUT2D eigenvalue weighted by Gasteiger charge is -2.15. The summed E-state index contributed by atoms with van der Waals surface area (Å²) < 4.78 is 0. The van der Waals surface area contributed by atoms with Gasteiger partial charge in [-0.2, -0.15) is 0 Å². The van der Waals surface area contributed by atoms with Crippen molar-refractivity contribution in [2.75, 3.05) is 6.54 Å². The highest BCUT2D eigenvalue weighted by molar-refractivity contribution is 5.79. The van der Waals surface area contributed by atoms with Gasteiger partial charge < -0.3 is 11.1 Å². The molecule has 0 aromatic carbocycles. The number of carbonyl (C=O) groups excluding carboxylic acids is 1. The lowest BCUT2D eigenvalue weighted by atomic mass is 10.1. The predicted molar refractivity (Wildman–Crippen MR) is 48.5 cm³/mol. The molecule has 1 rings (SSSR count). The van der Waals surface area contributed by atoms with Gasteiger partial charge in [0.05, 0.1) is 0 Å². The molecule has 0 radical (unpaired) electrons. The second kappa shape index (κ2) is 3.90. The van der Waals surface area contributed by atoms with Crippen LogP contribution in [0.1, 0.15) is 26.7 Å². The van der Waals surface area contributed by atoms with Gasteiger partial charge >= 0.3 is 0 Å². The Kier molecular flexibility index (Phi) is 3.09. The fraction of sp³-hybridized carbons (Fsp3) is 0.889. The summed E-state index contributed by atoms with van der Waals surface area (Å²) in [7, 11) is 0. The van der Waals surface area contributed by atoms with Gasteiger partial charge in [0.15, 0.2) is 0 Å². The maximum atomic E-state index is 11.4. The van der Waals surface area contributed by atoms with Gasteiger partial charge in [0.2, 0.25) is 5.91 Å². The third-order valence-corrected chi connectivity index (χ3v) is 2.48. The monoisotopic (exact) mass is 170 g/mol. The first-order valence-electron chi connectivity index (χ1n) is 4.65. The van der Waals surface area contributed by atoms with Crippen molar-refractivity contribution in [3.8, 4) is 0 Å². The van der Waals surface area contributed by atoms with E-state index in [0.717, 1.165) is 0 Å². The van der Waals surface area contributed by atoms with Gasteiger partial charge in [0, 0.05) is 18.5 Å². The van der Waals surface area contributed by atoms with Crippen LogP contribution in [0.5, 0.6) is 0 Å². The molecule has 12 heavy (non-hydrogen) atoms. The fourth-order valence-corrected chi connectivity index (χ4v) is 1.24. The van der Waals surface area contributed by atoms with E-state index in [-0.39, 0.29) is 17.9 Å². The molecule has 1 fully saturated rings. The normalized spacial score (nSPS) is 21.6. The number of nitrogens with two attached hydrogens (primary N) is 1. The first-order valence-corrected chi connectivity index (χ1v) is 4.65. The predicted octanol–water partition coefficient (Wildman–Crippen LogP) is 0.496. The molecule has 1 amide bonds. The third-order valence-electron chi connectivity index (χ3n) is 2.48. The van der Waals surface area contributed by atoms with Gasteiger partial charge in [-0.3, -0.25) is 4.79 Å². The lowest BCUT2D eigenvalue weighted by molar-refractivity contribution is -0.125. The van der Waals surface area contributed by atoms with E-state index in [2.05, 4.69) is 5.32 Å². The molecule has 0 aromatic rings. The highest BCUT2D eigenvalue weighted by Gasteiger charge is 2.32. The molecule has 3 nitrogen and oxygen atoms in total. The van der Waals surface area contributed by atoms with Crippen LogP contribution in [0.25, 0.3) is 0 Å². The van der Waals surface area contributed by atoms with E-state index in [1.807, 2.05) is 13.8 Å². The highest BCUT2D eigenvalue weighted by atomic mass is 16.1. The summed E-state index contributed by atoms with van der Waals surface area (Å²) >= 11 is 0. The number of rotatable bonds is 4. The van der Waals surface area contributed by atoms with Crippen LogP contribution in [0, 0.1) is 11.8 Å². The van der Waals surface area contributed by atoms with Crippen molar-refractivity contribution in [1.29, 1.82) is 0 Å². The van der Waals surface area contributed by atoms with Crippen LogP contribution in [-0.4, -0.2) is 18.5 Å². The Morgan fingerprint density at radius 3 is 2.58 bits per heavy atom. The summed E-state index contributed by atoms with van der Waals surface area (Å²) in [6.45, 7) is 4.44. The molecule has 1 aliphatic rings. The topological polar surface area (TPSA) is 55.1 Å². The molecule has 70 valence electrons. The number of hydrogen-bond donors (Lipinski definition) is 2. The second-order valence-electron chi connectivity index (χ2n) is 3.77. The van der Waals surface area contributed by atoms with Crippen LogP contribution in [0.15, 0.2) is 0 Å². The summed E-state index contributed by atoms with van der Waals surface area (Å²) in [6.07, 6.45) is 2.43. The number of amides is 1. The Hall–Kier alpha value is -0.570. The lowest BCUT2D eigenvalue weighted by Crippen LogP contribution is -2.41. The van der Waals surface area contributed by atoms with Crippen molar-refractivity contribution < 1.29 is 4.79 Å². The Morgan fingerprint density at radius 2 is 2.17 bits per heavy atom. The Balaban J connectivity index is 2.26. The summed E-state index contributed by atoms with van der Waals surface area (Å²) in [5.74, 6) is 0.976. The fourth-order valence-electron chi connectivity index (χ4n) is 1.24. The zero-order chi connectivity index (χ0) is 9.14. The molecule has 0 saturated heterocycles. The Labute approximate surface area is 73.7 Å². The quantitative estimate of drug-likeness (QED) is 0.645. The molecule has 3 heteroatoms. The smallest absolute Gasteiger partial charge is 0.223 e. The summed E-state index contributed by atoms with van der Waals surface area (Å²) in [4.78, 5) is 11.4. The van der Waals surface area contributed by atoms with Gasteiger partial charge in [0.25, 0.3) is 0 Å². The zero-order valence-electron chi connectivity index (χ0n) is 7.84. The molecular weight excluding hydrogens is 152 g/mol. The molecule has 1 unspecified atom stereocenters. The second-order valence-corrected chi connectivity index (χ2v) is 3.77. The van der Waals surface area contributed by atoms with Crippen LogP contribution in [0.4, 0.5) is 0 Å². The number of nitrogens with one attached hydrogen (secondary N) is 1. The van der Waals surface area contributed by atoms with Crippen LogP contribution in [0.3, 0.4) is 0 Å². The third kappa shape index (κ3) is 2.48.